The molecular weight excluding hydrogens is 489 g/mol. The fraction of sp³-hybridized carbons (Fsp3) is 0.565. The minimum absolute atomic E-state index is 0. The number of aliphatic imine (C=N–C) groups is 1. The van der Waals surface area contributed by atoms with E-state index in [1.807, 2.05) is 38.5 Å². The summed E-state index contributed by atoms with van der Waals surface area (Å²) < 4.78 is 6.11. The second-order valence-corrected chi connectivity index (χ2v) is 8.95. The lowest BCUT2D eigenvalue weighted by Gasteiger charge is -2.40. The van der Waals surface area contributed by atoms with Crippen molar-refractivity contribution in [3.8, 4) is 11.3 Å². The quantitative estimate of drug-likeness (QED) is 0.342. The third-order valence-electron chi connectivity index (χ3n) is 5.49. The molecule has 0 aliphatic carbocycles. The largest absolute Gasteiger partial charge is 0.377 e. The van der Waals surface area contributed by atoms with Gasteiger partial charge in [0, 0.05) is 33.2 Å². The first-order valence-corrected chi connectivity index (χ1v) is 10.5. The molecule has 166 valence electrons. The number of benzene rings is 1. The van der Waals surface area contributed by atoms with E-state index in [2.05, 4.69) is 58.1 Å². The topological polar surface area (TPSA) is 65.5 Å². The Morgan fingerprint density at radius 3 is 2.70 bits per heavy atom. The van der Waals surface area contributed by atoms with Crippen molar-refractivity contribution < 1.29 is 4.74 Å². The third-order valence-corrected chi connectivity index (χ3v) is 5.49. The smallest absolute Gasteiger partial charge is 0.193 e. The van der Waals surface area contributed by atoms with E-state index in [0.29, 0.717) is 12.5 Å². The number of H-pyrrole nitrogens is 1. The van der Waals surface area contributed by atoms with Gasteiger partial charge in [0.2, 0.25) is 0 Å². The molecule has 0 radical (unpaired) electrons. The maximum absolute atomic E-state index is 6.11. The number of rotatable bonds is 5. The van der Waals surface area contributed by atoms with Gasteiger partial charge < -0.3 is 19.9 Å². The van der Waals surface area contributed by atoms with Crippen LogP contribution in [0.25, 0.3) is 11.3 Å². The van der Waals surface area contributed by atoms with Crippen LogP contribution in [0.1, 0.15) is 39.4 Å². The first kappa shape index (κ1) is 24.7. The molecule has 7 heteroatoms. The SMILES string of the molecule is CN=C(NCC1CCCOC1C(C)(C)C)N(C)Cc1ncc(-c2ccccc2)[nH]1.I. The van der Waals surface area contributed by atoms with Gasteiger partial charge in [-0.05, 0) is 23.8 Å². The fourth-order valence-corrected chi connectivity index (χ4v) is 4.12. The number of aromatic amines is 1. The minimum Gasteiger partial charge on any atom is -0.377 e. The first-order chi connectivity index (χ1) is 13.9. The zero-order valence-electron chi connectivity index (χ0n) is 18.8. The predicted octanol–water partition coefficient (Wildman–Crippen LogP) is 4.54. The molecule has 0 saturated carbocycles. The zero-order chi connectivity index (χ0) is 20.9. The van der Waals surface area contributed by atoms with Crippen LogP contribution in [-0.4, -0.2) is 54.2 Å². The van der Waals surface area contributed by atoms with Gasteiger partial charge in [0.05, 0.1) is 24.5 Å². The Bertz CT molecular complexity index is 799. The Balaban J connectivity index is 0.00000320. The van der Waals surface area contributed by atoms with Crippen LogP contribution in [0.15, 0.2) is 41.5 Å². The number of aromatic nitrogens is 2. The summed E-state index contributed by atoms with van der Waals surface area (Å²) in [4.78, 5) is 14.5. The van der Waals surface area contributed by atoms with E-state index in [0.717, 1.165) is 42.6 Å². The van der Waals surface area contributed by atoms with Crippen LogP contribution in [0, 0.1) is 11.3 Å². The van der Waals surface area contributed by atoms with E-state index in [1.165, 1.54) is 6.42 Å². The van der Waals surface area contributed by atoms with Gasteiger partial charge in [-0.1, -0.05) is 51.1 Å². The average molecular weight is 525 g/mol. The number of guanidine groups is 1. The number of hydrogen-bond donors (Lipinski definition) is 2. The second kappa shape index (κ2) is 11.1. The summed E-state index contributed by atoms with van der Waals surface area (Å²) in [6.07, 6.45) is 4.48. The van der Waals surface area contributed by atoms with Crippen molar-refractivity contribution in [2.24, 2.45) is 16.3 Å². The standard InChI is InChI=1S/C23H35N5O.HI/c1-23(2,3)21-18(12-9-13-29-21)14-26-22(24-4)28(5)16-20-25-15-19(27-20)17-10-7-6-8-11-17;/h6-8,10-11,15,18,21H,9,12-14,16H2,1-5H3,(H,24,26)(H,25,27);1H. The summed E-state index contributed by atoms with van der Waals surface area (Å²) >= 11 is 0. The number of nitrogens with one attached hydrogen (secondary N) is 2. The van der Waals surface area contributed by atoms with Crippen molar-refractivity contribution in [2.75, 3.05) is 27.2 Å². The van der Waals surface area contributed by atoms with Crippen LogP contribution in [0.4, 0.5) is 0 Å². The molecule has 1 aliphatic rings. The van der Waals surface area contributed by atoms with Crippen LogP contribution < -0.4 is 5.32 Å². The van der Waals surface area contributed by atoms with Gasteiger partial charge in [0.1, 0.15) is 5.82 Å². The normalized spacial score (nSPS) is 19.8. The summed E-state index contributed by atoms with van der Waals surface area (Å²) in [7, 11) is 3.87. The highest BCUT2D eigenvalue weighted by molar-refractivity contribution is 14.0. The summed E-state index contributed by atoms with van der Waals surface area (Å²) in [6.45, 7) is 9.19. The molecule has 1 aliphatic heterocycles. The van der Waals surface area contributed by atoms with Crippen molar-refractivity contribution in [1.29, 1.82) is 0 Å². The Kier molecular flexibility index (Phi) is 9.15. The number of nitrogens with zero attached hydrogens (tertiary/aromatic N) is 3. The number of ether oxygens (including phenoxy) is 1. The highest BCUT2D eigenvalue weighted by atomic mass is 127. The molecule has 6 nitrogen and oxygen atoms in total. The van der Waals surface area contributed by atoms with Gasteiger partial charge in [0.25, 0.3) is 0 Å². The van der Waals surface area contributed by atoms with Gasteiger partial charge >= 0.3 is 0 Å². The zero-order valence-corrected chi connectivity index (χ0v) is 21.1. The lowest BCUT2D eigenvalue weighted by molar-refractivity contribution is -0.0836. The molecule has 0 bridgehead atoms. The fourth-order valence-electron chi connectivity index (χ4n) is 4.12. The Hall–Kier alpha value is -1.61. The molecule has 1 aromatic heterocycles. The molecule has 30 heavy (non-hydrogen) atoms. The lowest BCUT2D eigenvalue weighted by atomic mass is 9.78. The maximum Gasteiger partial charge on any atom is 0.193 e. The maximum atomic E-state index is 6.11. The highest BCUT2D eigenvalue weighted by Crippen LogP contribution is 2.33. The van der Waals surface area contributed by atoms with E-state index >= 15 is 0 Å². The van der Waals surface area contributed by atoms with E-state index in [4.69, 9.17) is 4.74 Å². The van der Waals surface area contributed by atoms with Crippen LogP contribution >= 0.6 is 24.0 Å². The highest BCUT2D eigenvalue weighted by Gasteiger charge is 2.35. The molecule has 2 N–H and O–H groups in total. The molecule has 1 saturated heterocycles. The molecule has 2 atom stereocenters. The second-order valence-electron chi connectivity index (χ2n) is 8.95. The van der Waals surface area contributed by atoms with Crippen LogP contribution in [-0.2, 0) is 11.3 Å². The molecule has 1 aromatic carbocycles. The van der Waals surface area contributed by atoms with Gasteiger partial charge in [-0.15, -0.1) is 24.0 Å². The van der Waals surface area contributed by atoms with Crippen molar-refractivity contribution in [2.45, 2.75) is 46.3 Å². The van der Waals surface area contributed by atoms with Crippen molar-refractivity contribution in [3.63, 3.8) is 0 Å². The third kappa shape index (κ3) is 6.44. The summed E-state index contributed by atoms with van der Waals surface area (Å²) in [5.74, 6) is 2.28. The van der Waals surface area contributed by atoms with E-state index in [-0.39, 0.29) is 35.5 Å². The lowest BCUT2D eigenvalue weighted by Crippen LogP contribution is -2.47. The number of hydrogen-bond acceptors (Lipinski definition) is 3. The van der Waals surface area contributed by atoms with Gasteiger partial charge in [-0.2, -0.15) is 0 Å². The summed E-state index contributed by atoms with van der Waals surface area (Å²) in [6, 6.07) is 10.3. The average Bonchev–Trinajstić information content (AvgIpc) is 3.17. The van der Waals surface area contributed by atoms with Crippen molar-refractivity contribution >= 4 is 29.9 Å². The van der Waals surface area contributed by atoms with E-state index in [9.17, 15) is 0 Å². The minimum atomic E-state index is 0. The molecule has 0 spiro atoms. The molecule has 0 amide bonds. The summed E-state index contributed by atoms with van der Waals surface area (Å²) in [5, 5.41) is 3.55. The molecule has 2 heterocycles. The molecule has 3 rings (SSSR count). The Morgan fingerprint density at radius 2 is 2.03 bits per heavy atom. The van der Waals surface area contributed by atoms with Gasteiger partial charge in [-0.3, -0.25) is 4.99 Å². The van der Waals surface area contributed by atoms with Gasteiger partial charge in [0.15, 0.2) is 5.96 Å². The molecule has 2 unspecified atom stereocenters. The van der Waals surface area contributed by atoms with Crippen molar-refractivity contribution in [3.05, 3.63) is 42.4 Å². The Labute approximate surface area is 197 Å². The number of halogens is 1. The van der Waals surface area contributed by atoms with Crippen molar-refractivity contribution in [1.82, 2.24) is 20.2 Å². The molecule has 2 aromatic rings. The number of imidazole rings is 1. The van der Waals surface area contributed by atoms with Crippen LogP contribution in [0.3, 0.4) is 0 Å². The summed E-state index contributed by atoms with van der Waals surface area (Å²) in [5.41, 5.74) is 2.32. The molecule has 1 fully saturated rings. The van der Waals surface area contributed by atoms with E-state index in [1.54, 1.807) is 0 Å². The van der Waals surface area contributed by atoms with Crippen LogP contribution in [0.2, 0.25) is 0 Å². The Morgan fingerprint density at radius 1 is 1.30 bits per heavy atom. The van der Waals surface area contributed by atoms with Gasteiger partial charge in [-0.25, -0.2) is 4.98 Å². The van der Waals surface area contributed by atoms with E-state index < -0.39 is 0 Å². The van der Waals surface area contributed by atoms with Crippen LogP contribution in [0.5, 0.6) is 0 Å². The first-order valence-electron chi connectivity index (χ1n) is 10.5. The monoisotopic (exact) mass is 525 g/mol. The molecular formula is C23H36IN5O. The predicted molar refractivity (Wildman–Crippen MR) is 134 cm³/mol.